The Morgan fingerprint density at radius 3 is 2.63 bits per heavy atom. The van der Waals surface area contributed by atoms with Crippen LogP contribution in [0.15, 0.2) is 35.7 Å². The number of rotatable bonds is 2. The molecule has 0 amide bonds. The van der Waals surface area contributed by atoms with Crippen LogP contribution in [0.1, 0.15) is 0 Å². The van der Waals surface area contributed by atoms with Crippen LogP contribution in [-0.2, 0) is 9.84 Å². The first kappa shape index (κ1) is 12.4. The molecule has 1 N–H and O–H groups in total. The van der Waals surface area contributed by atoms with Crippen LogP contribution in [0.4, 0.5) is 5.82 Å². The summed E-state index contributed by atoms with van der Waals surface area (Å²) >= 11 is 5.98. The number of aromatic nitrogens is 2. The van der Waals surface area contributed by atoms with Crippen LogP contribution < -0.4 is 5.32 Å². The second kappa shape index (κ2) is 4.47. The van der Waals surface area contributed by atoms with Gasteiger partial charge in [-0.05, 0) is 6.08 Å². The molecule has 7 heteroatoms. The van der Waals surface area contributed by atoms with Crippen molar-refractivity contribution in [1.29, 1.82) is 0 Å². The lowest BCUT2D eigenvalue weighted by Gasteiger charge is -2.12. The Morgan fingerprint density at radius 1 is 1.21 bits per heavy atom. The summed E-state index contributed by atoms with van der Waals surface area (Å²) in [5, 5.41) is 14.1. The van der Waals surface area contributed by atoms with Gasteiger partial charge in [0.1, 0.15) is 0 Å². The van der Waals surface area contributed by atoms with E-state index in [2.05, 4.69) is 15.5 Å². The Balaban J connectivity index is 1.99. The molecular formula is C12H10ClN3O2S. The zero-order chi connectivity index (χ0) is 13.5. The molecule has 19 heavy (non-hydrogen) atoms. The number of sulfone groups is 1. The van der Waals surface area contributed by atoms with Gasteiger partial charge >= 0.3 is 0 Å². The maximum Gasteiger partial charge on any atom is 0.173 e. The molecule has 2 aromatic rings. The highest BCUT2D eigenvalue weighted by atomic mass is 35.5. The number of halogens is 1. The quantitative estimate of drug-likeness (QED) is 0.917. The molecule has 1 aromatic carbocycles. The van der Waals surface area contributed by atoms with E-state index >= 15 is 0 Å². The number of benzene rings is 1. The molecule has 1 aliphatic rings. The lowest BCUT2D eigenvalue weighted by atomic mass is 10.2. The first-order valence-corrected chi connectivity index (χ1v) is 7.73. The van der Waals surface area contributed by atoms with Crippen molar-refractivity contribution in [3.63, 3.8) is 0 Å². The van der Waals surface area contributed by atoms with Gasteiger partial charge in [-0.25, -0.2) is 8.42 Å². The third kappa shape index (κ3) is 2.41. The molecule has 1 unspecified atom stereocenters. The minimum Gasteiger partial charge on any atom is -0.361 e. The third-order valence-electron chi connectivity index (χ3n) is 2.89. The van der Waals surface area contributed by atoms with E-state index < -0.39 is 9.84 Å². The van der Waals surface area contributed by atoms with Crippen LogP contribution in [0.3, 0.4) is 0 Å². The zero-order valence-electron chi connectivity index (χ0n) is 9.75. The maximum absolute atomic E-state index is 11.4. The van der Waals surface area contributed by atoms with Crippen LogP contribution in [0.5, 0.6) is 0 Å². The van der Waals surface area contributed by atoms with E-state index in [0.717, 1.165) is 10.8 Å². The molecule has 98 valence electrons. The van der Waals surface area contributed by atoms with Gasteiger partial charge in [-0.3, -0.25) is 0 Å². The fourth-order valence-corrected chi connectivity index (χ4v) is 3.46. The summed E-state index contributed by atoms with van der Waals surface area (Å²) in [7, 11) is -3.09. The molecule has 2 heterocycles. The highest BCUT2D eigenvalue weighted by Crippen LogP contribution is 2.26. The van der Waals surface area contributed by atoms with Gasteiger partial charge in [-0.1, -0.05) is 35.9 Å². The van der Waals surface area contributed by atoms with E-state index in [0.29, 0.717) is 11.0 Å². The van der Waals surface area contributed by atoms with Gasteiger partial charge in [0.2, 0.25) is 0 Å². The number of hydrogen-bond acceptors (Lipinski definition) is 5. The molecule has 0 fully saturated rings. The lowest BCUT2D eigenvalue weighted by molar-refractivity contribution is 0.605. The second-order valence-electron chi connectivity index (χ2n) is 4.29. The number of nitrogens with zero attached hydrogens (tertiary/aromatic N) is 2. The molecule has 0 aliphatic carbocycles. The van der Waals surface area contributed by atoms with Crippen LogP contribution in [0.2, 0.25) is 5.15 Å². The minimum absolute atomic E-state index is 0.0334. The minimum atomic E-state index is -3.09. The number of nitrogens with one attached hydrogen (secondary N) is 1. The number of anilines is 1. The van der Waals surface area contributed by atoms with Crippen molar-refractivity contribution in [3.8, 4) is 0 Å². The molecule has 5 nitrogen and oxygen atoms in total. The highest BCUT2D eigenvalue weighted by Gasteiger charge is 2.22. The zero-order valence-corrected chi connectivity index (χ0v) is 11.3. The molecule has 3 rings (SSSR count). The molecule has 0 saturated carbocycles. The van der Waals surface area contributed by atoms with Crippen LogP contribution in [0, 0.1) is 0 Å². The van der Waals surface area contributed by atoms with Gasteiger partial charge in [-0.15, -0.1) is 10.2 Å². The Kier molecular flexibility index (Phi) is 2.91. The molecule has 1 atom stereocenters. The van der Waals surface area contributed by atoms with E-state index in [9.17, 15) is 8.42 Å². The molecule has 1 aliphatic heterocycles. The van der Waals surface area contributed by atoms with Crippen LogP contribution in [-0.4, -0.2) is 30.4 Å². The van der Waals surface area contributed by atoms with Crippen LogP contribution in [0.25, 0.3) is 10.8 Å². The molecule has 0 saturated heterocycles. The topological polar surface area (TPSA) is 72.0 Å². The molecule has 0 bridgehead atoms. The van der Waals surface area contributed by atoms with Gasteiger partial charge in [0.05, 0.1) is 11.8 Å². The van der Waals surface area contributed by atoms with E-state index in [1.165, 1.54) is 5.41 Å². The maximum atomic E-state index is 11.4. The first-order chi connectivity index (χ1) is 9.05. The smallest absolute Gasteiger partial charge is 0.173 e. The third-order valence-corrected chi connectivity index (χ3v) is 4.57. The fraction of sp³-hybridized carbons (Fsp3) is 0.167. The van der Waals surface area contributed by atoms with Gasteiger partial charge in [0.25, 0.3) is 0 Å². The van der Waals surface area contributed by atoms with Crippen molar-refractivity contribution in [2.75, 3.05) is 11.1 Å². The summed E-state index contributed by atoms with van der Waals surface area (Å²) in [5.41, 5.74) is 0. The normalized spacial score (nSPS) is 20.8. The Labute approximate surface area is 115 Å². The summed E-state index contributed by atoms with van der Waals surface area (Å²) in [4.78, 5) is 0. The van der Waals surface area contributed by atoms with Crippen molar-refractivity contribution in [2.45, 2.75) is 6.04 Å². The van der Waals surface area contributed by atoms with Gasteiger partial charge < -0.3 is 5.32 Å². The second-order valence-corrected chi connectivity index (χ2v) is 6.58. The fourth-order valence-electron chi connectivity index (χ4n) is 2.02. The van der Waals surface area contributed by atoms with Crippen molar-refractivity contribution in [1.82, 2.24) is 10.2 Å². The highest BCUT2D eigenvalue weighted by molar-refractivity contribution is 7.94. The standard InChI is InChI=1S/C12H10ClN3O2S/c13-11-9-3-1-2-4-10(9)12(16-15-11)14-8-5-6-19(17,18)7-8/h1-6,8H,7H2,(H,14,16). The predicted molar refractivity (Wildman–Crippen MR) is 74.9 cm³/mol. The summed E-state index contributed by atoms with van der Waals surface area (Å²) in [6.45, 7) is 0. The van der Waals surface area contributed by atoms with Crippen molar-refractivity contribution in [3.05, 3.63) is 40.9 Å². The first-order valence-electron chi connectivity index (χ1n) is 5.63. The Morgan fingerprint density at radius 2 is 1.95 bits per heavy atom. The average molecular weight is 296 g/mol. The molecule has 0 radical (unpaired) electrons. The Hall–Kier alpha value is -1.66. The van der Waals surface area contributed by atoms with Gasteiger partial charge in [0, 0.05) is 16.2 Å². The monoisotopic (exact) mass is 295 g/mol. The van der Waals surface area contributed by atoms with Crippen molar-refractivity contribution >= 4 is 38.0 Å². The Bertz CT molecular complexity index is 774. The SMILES string of the molecule is O=S1(=O)C=CC(Nc2nnc(Cl)c3ccccc23)C1. The molecular weight excluding hydrogens is 286 g/mol. The van der Waals surface area contributed by atoms with E-state index in [1.807, 2.05) is 24.3 Å². The summed E-state index contributed by atoms with van der Waals surface area (Å²) in [5.74, 6) is 0.567. The van der Waals surface area contributed by atoms with Gasteiger partial charge in [-0.2, -0.15) is 0 Å². The number of fused-ring (bicyclic) bond motifs is 1. The summed E-state index contributed by atoms with van der Waals surface area (Å²) in [6, 6.07) is 7.15. The average Bonchev–Trinajstić information content (AvgIpc) is 2.73. The van der Waals surface area contributed by atoms with Gasteiger partial charge in [0.15, 0.2) is 20.8 Å². The number of hydrogen-bond donors (Lipinski definition) is 1. The van der Waals surface area contributed by atoms with E-state index in [-0.39, 0.29) is 11.8 Å². The predicted octanol–water partition coefficient (Wildman–Crippen LogP) is 2.01. The summed E-state index contributed by atoms with van der Waals surface area (Å²) in [6.07, 6.45) is 1.61. The van der Waals surface area contributed by atoms with E-state index in [1.54, 1.807) is 6.08 Å². The van der Waals surface area contributed by atoms with Crippen LogP contribution >= 0.6 is 11.6 Å². The van der Waals surface area contributed by atoms with Crippen molar-refractivity contribution in [2.24, 2.45) is 0 Å². The molecule has 1 aromatic heterocycles. The van der Waals surface area contributed by atoms with E-state index in [4.69, 9.17) is 11.6 Å². The van der Waals surface area contributed by atoms with Crippen molar-refractivity contribution < 1.29 is 8.42 Å². The summed E-state index contributed by atoms with van der Waals surface area (Å²) < 4.78 is 22.7. The molecule has 0 spiro atoms. The largest absolute Gasteiger partial charge is 0.361 e. The lowest BCUT2D eigenvalue weighted by Crippen LogP contribution is -2.21.